The summed E-state index contributed by atoms with van der Waals surface area (Å²) in [5.41, 5.74) is 11.0. The molecular formula is C14H12ClN3OS. The zero-order valence-corrected chi connectivity index (χ0v) is 12.3. The van der Waals surface area contributed by atoms with Crippen LogP contribution in [0, 0.1) is 0 Å². The fourth-order valence-corrected chi connectivity index (χ4v) is 2.84. The molecule has 1 aromatic heterocycles. The average Bonchev–Trinajstić information content (AvgIpc) is 2.93. The normalized spacial score (nSPS) is 10.7. The molecule has 0 atom stereocenters. The number of fused-ring (bicyclic) bond motifs is 1. The zero-order valence-electron chi connectivity index (χ0n) is 10.7. The van der Waals surface area contributed by atoms with Gasteiger partial charge in [0, 0.05) is 11.8 Å². The first-order valence-corrected chi connectivity index (χ1v) is 7.17. The molecule has 6 heteroatoms. The van der Waals surface area contributed by atoms with E-state index in [-0.39, 0.29) is 0 Å². The van der Waals surface area contributed by atoms with Crippen LogP contribution < -0.4 is 15.8 Å². The Balaban J connectivity index is 1.98. The number of halogens is 1. The lowest BCUT2D eigenvalue weighted by molar-refractivity contribution is 0.415. The molecule has 0 saturated heterocycles. The molecule has 20 heavy (non-hydrogen) atoms. The minimum absolute atomic E-state index is 0.570. The van der Waals surface area contributed by atoms with Gasteiger partial charge in [-0.25, -0.2) is 4.98 Å². The Labute approximate surface area is 125 Å². The molecule has 3 rings (SSSR count). The molecule has 0 radical (unpaired) electrons. The number of nitrogens with zero attached hydrogens (tertiary/aromatic N) is 1. The number of thiazole rings is 1. The van der Waals surface area contributed by atoms with Gasteiger partial charge >= 0.3 is 0 Å². The standard InChI is InChI=1S/C14H12ClN3OS/c1-19-11-6-8(2-3-9(11)15)18-10-4-5-12-14(13(10)16)17-7-20-12/h2-7,18H,16H2,1H3. The van der Waals surface area contributed by atoms with Gasteiger partial charge in [-0.05, 0) is 24.3 Å². The van der Waals surface area contributed by atoms with E-state index in [4.69, 9.17) is 22.1 Å². The van der Waals surface area contributed by atoms with E-state index in [9.17, 15) is 0 Å². The van der Waals surface area contributed by atoms with Gasteiger partial charge in [0.15, 0.2) is 0 Å². The van der Waals surface area contributed by atoms with Crippen molar-refractivity contribution >= 4 is 50.2 Å². The van der Waals surface area contributed by atoms with Crippen molar-refractivity contribution in [2.45, 2.75) is 0 Å². The second-order valence-corrected chi connectivity index (χ2v) is 5.49. The number of benzene rings is 2. The van der Waals surface area contributed by atoms with E-state index in [0.29, 0.717) is 16.5 Å². The first-order valence-electron chi connectivity index (χ1n) is 5.91. The topological polar surface area (TPSA) is 60.2 Å². The molecule has 2 aromatic carbocycles. The van der Waals surface area contributed by atoms with Crippen molar-refractivity contribution in [3.63, 3.8) is 0 Å². The van der Waals surface area contributed by atoms with Crippen LogP contribution in [-0.2, 0) is 0 Å². The van der Waals surface area contributed by atoms with Gasteiger partial charge in [-0.15, -0.1) is 11.3 Å². The predicted molar refractivity (Wildman–Crippen MR) is 85.3 cm³/mol. The molecule has 0 aliphatic rings. The number of nitrogen functional groups attached to an aromatic ring is 1. The largest absolute Gasteiger partial charge is 0.495 e. The Morgan fingerprint density at radius 1 is 1.30 bits per heavy atom. The van der Waals surface area contributed by atoms with Crippen molar-refractivity contribution in [1.29, 1.82) is 0 Å². The highest BCUT2D eigenvalue weighted by Crippen LogP contribution is 2.34. The number of rotatable bonds is 3. The smallest absolute Gasteiger partial charge is 0.139 e. The van der Waals surface area contributed by atoms with Crippen LogP contribution in [-0.4, -0.2) is 12.1 Å². The maximum atomic E-state index is 6.14. The summed E-state index contributed by atoms with van der Waals surface area (Å²) >= 11 is 7.58. The number of hydrogen-bond donors (Lipinski definition) is 2. The van der Waals surface area contributed by atoms with E-state index < -0.39 is 0 Å². The second kappa shape index (κ2) is 5.19. The van der Waals surface area contributed by atoms with Crippen molar-refractivity contribution in [3.05, 3.63) is 40.9 Å². The summed E-state index contributed by atoms with van der Waals surface area (Å²) in [6.45, 7) is 0. The summed E-state index contributed by atoms with van der Waals surface area (Å²) < 4.78 is 6.27. The third-order valence-electron chi connectivity index (χ3n) is 2.97. The molecule has 102 valence electrons. The lowest BCUT2D eigenvalue weighted by atomic mass is 10.2. The maximum Gasteiger partial charge on any atom is 0.139 e. The fourth-order valence-electron chi connectivity index (χ4n) is 1.95. The predicted octanol–water partition coefficient (Wildman–Crippen LogP) is 4.28. The van der Waals surface area contributed by atoms with Gasteiger partial charge in [0.25, 0.3) is 0 Å². The number of anilines is 3. The molecule has 0 saturated carbocycles. The number of ether oxygens (including phenoxy) is 1. The van der Waals surface area contributed by atoms with Crippen LogP contribution in [0.1, 0.15) is 0 Å². The van der Waals surface area contributed by atoms with Crippen molar-refractivity contribution < 1.29 is 4.74 Å². The number of nitrogens with two attached hydrogens (primary N) is 1. The lowest BCUT2D eigenvalue weighted by Gasteiger charge is -2.11. The first-order chi connectivity index (χ1) is 9.69. The SMILES string of the molecule is COc1cc(Nc2ccc3scnc3c2N)ccc1Cl. The highest BCUT2D eigenvalue weighted by atomic mass is 35.5. The Morgan fingerprint density at radius 2 is 2.15 bits per heavy atom. The van der Waals surface area contributed by atoms with Crippen LogP contribution in [0.5, 0.6) is 5.75 Å². The minimum atomic E-state index is 0.570. The molecule has 1 heterocycles. The molecule has 0 aliphatic heterocycles. The van der Waals surface area contributed by atoms with E-state index in [0.717, 1.165) is 21.6 Å². The second-order valence-electron chi connectivity index (χ2n) is 4.20. The summed E-state index contributed by atoms with van der Waals surface area (Å²) in [7, 11) is 1.58. The van der Waals surface area contributed by atoms with Crippen LogP contribution in [0.4, 0.5) is 17.1 Å². The Hall–Kier alpha value is -1.98. The van der Waals surface area contributed by atoms with Gasteiger partial charge in [-0.3, -0.25) is 0 Å². The lowest BCUT2D eigenvalue weighted by Crippen LogP contribution is -1.97. The van der Waals surface area contributed by atoms with Gasteiger partial charge in [0.2, 0.25) is 0 Å². The van der Waals surface area contributed by atoms with Gasteiger partial charge in [0.1, 0.15) is 11.3 Å². The highest BCUT2D eigenvalue weighted by Gasteiger charge is 2.08. The third-order valence-corrected chi connectivity index (χ3v) is 4.08. The molecular weight excluding hydrogens is 294 g/mol. The van der Waals surface area contributed by atoms with Crippen LogP contribution in [0.2, 0.25) is 5.02 Å². The molecule has 4 nitrogen and oxygen atoms in total. The number of aromatic nitrogens is 1. The van der Waals surface area contributed by atoms with Crippen LogP contribution >= 0.6 is 22.9 Å². The summed E-state index contributed by atoms with van der Waals surface area (Å²) in [6.07, 6.45) is 0. The summed E-state index contributed by atoms with van der Waals surface area (Å²) in [6, 6.07) is 9.42. The van der Waals surface area contributed by atoms with Crippen LogP contribution in [0.15, 0.2) is 35.8 Å². The number of hydrogen-bond acceptors (Lipinski definition) is 5. The Kier molecular flexibility index (Phi) is 3.38. The van der Waals surface area contributed by atoms with E-state index in [1.807, 2.05) is 24.3 Å². The van der Waals surface area contributed by atoms with Crippen molar-refractivity contribution in [1.82, 2.24) is 4.98 Å². The van der Waals surface area contributed by atoms with Crippen molar-refractivity contribution in [2.75, 3.05) is 18.2 Å². The summed E-state index contributed by atoms with van der Waals surface area (Å²) in [4.78, 5) is 4.28. The maximum absolute atomic E-state index is 6.14. The van der Waals surface area contributed by atoms with E-state index in [1.54, 1.807) is 30.0 Å². The molecule has 3 aromatic rings. The first kappa shape index (κ1) is 13.0. The van der Waals surface area contributed by atoms with E-state index in [2.05, 4.69) is 10.3 Å². The van der Waals surface area contributed by atoms with Crippen LogP contribution in [0.25, 0.3) is 10.2 Å². The van der Waals surface area contributed by atoms with E-state index in [1.165, 1.54) is 0 Å². The van der Waals surface area contributed by atoms with Gasteiger partial charge < -0.3 is 15.8 Å². The summed E-state index contributed by atoms with van der Waals surface area (Å²) in [5, 5.41) is 3.83. The molecule has 3 N–H and O–H groups in total. The molecule has 0 unspecified atom stereocenters. The molecule has 0 fully saturated rings. The molecule has 0 aliphatic carbocycles. The molecule has 0 bridgehead atoms. The third kappa shape index (κ3) is 2.26. The monoisotopic (exact) mass is 305 g/mol. The quantitative estimate of drug-likeness (QED) is 0.709. The molecule has 0 spiro atoms. The number of nitrogens with one attached hydrogen (secondary N) is 1. The van der Waals surface area contributed by atoms with Crippen molar-refractivity contribution in [2.24, 2.45) is 0 Å². The van der Waals surface area contributed by atoms with Gasteiger partial charge in [-0.2, -0.15) is 0 Å². The fraction of sp³-hybridized carbons (Fsp3) is 0.0714. The Morgan fingerprint density at radius 3 is 2.95 bits per heavy atom. The zero-order chi connectivity index (χ0) is 14.1. The van der Waals surface area contributed by atoms with E-state index >= 15 is 0 Å². The van der Waals surface area contributed by atoms with Crippen molar-refractivity contribution in [3.8, 4) is 5.75 Å². The average molecular weight is 306 g/mol. The summed E-state index contributed by atoms with van der Waals surface area (Å²) in [5.74, 6) is 0.616. The van der Waals surface area contributed by atoms with Crippen LogP contribution in [0.3, 0.4) is 0 Å². The van der Waals surface area contributed by atoms with Gasteiger partial charge in [0.05, 0.1) is 33.7 Å². The Bertz CT molecular complexity index is 772. The van der Waals surface area contributed by atoms with Gasteiger partial charge in [-0.1, -0.05) is 11.6 Å². The minimum Gasteiger partial charge on any atom is -0.495 e. The number of methoxy groups -OCH3 is 1. The highest BCUT2D eigenvalue weighted by molar-refractivity contribution is 7.16. The molecule has 0 amide bonds.